The molecule has 0 saturated carbocycles. The maximum atomic E-state index is 14.5. The number of H-pyrrole nitrogens is 2. The Morgan fingerprint density at radius 2 is 1.64 bits per heavy atom. The first kappa shape index (κ1) is 46.0. The number of ether oxygens (including phenoxy) is 4. The standard InChI is InChI=1S/C51H64N8O8/c1-8-10-39-28(4)21-41(59(39)48(60)43(27(3)9-2)56-50(62)64-6)46-52-25-38(54-46)32-12-14-34-33(22-32)26-67-42-24-35-31(23-36(34)42)13-15-37-45(35)55-47(53-37)40-16-11-29(5)58(40)49(61)44(57-51(63)65-7)30-17-19-66-20-18-30/h12-15,22-25,27-30,39-41,43-44H,8-11,16-21,26H2,1-7H3,(H,52,54)(H,53,55)(H,56,62)(H,57,63)/t27?,28-,29-,39-,40?,41?,43-,44-/m0/s1. The van der Waals surface area contributed by atoms with Crippen molar-refractivity contribution in [2.24, 2.45) is 17.8 Å². The van der Waals surface area contributed by atoms with Crippen molar-refractivity contribution in [2.45, 2.75) is 129 Å². The van der Waals surface area contributed by atoms with Gasteiger partial charge in [0.25, 0.3) is 0 Å². The zero-order chi connectivity index (χ0) is 47.1. The highest BCUT2D eigenvalue weighted by Gasteiger charge is 2.47. The number of rotatable bonds is 12. The average Bonchev–Trinajstić information content (AvgIpc) is 4.17. The van der Waals surface area contributed by atoms with E-state index >= 15 is 0 Å². The summed E-state index contributed by atoms with van der Waals surface area (Å²) in [4.78, 5) is 74.9. The number of nitrogens with one attached hydrogen (secondary N) is 4. The highest BCUT2D eigenvalue weighted by molar-refractivity contribution is 6.07. The molecule has 16 heteroatoms. The maximum Gasteiger partial charge on any atom is 0.407 e. The Bertz CT molecular complexity index is 2660. The van der Waals surface area contributed by atoms with Crippen molar-refractivity contribution in [2.75, 3.05) is 27.4 Å². The van der Waals surface area contributed by atoms with E-state index in [0.29, 0.717) is 32.7 Å². The van der Waals surface area contributed by atoms with Gasteiger partial charge in [0.1, 0.15) is 36.1 Å². The number of nitrogens with zero attached hydrogens (tertiary/aromatic N) is 4. The number of hydrogen-bond donors (Lipinski definition) is 4. The van der Waals surface area contributed by atoms with Gasteiger partial charge in [-0.3, -0.25) is 9.59 Å². The van der Waals surface area contributed by atoms with E-state index in [0.717, 1.165) is 106 Å². The van der Waals surface area contributed by atoms with Gasteiger partial charge in [-0.2, -0.15) is 0 Å². The molecule has 3 unspecified atom stereocenters. The molecule has 0 spiro atoms. The number of imidazole rings is 2. The van der Waals surface area contributed by atoms with Crippen LogP contribution in [0, 0.1) is 17.8 Å². The van der Waals surface area contributed by atoms with Crippen molar-refractivity contribution in [3.63, 3.8) is 0 Å². The lowest BCUT2D eigenvalue weighted by molar-refractivity contribution is -0.139. The maximum absolute atomic E-state index is 14.5. The highest BCUT2D eigenvalue weighted by atomic mass is 16.5. The lowest BCUT2D eigenvalue weighted by Gasteiger charge is -2.36. The molecular formula is C51H64N8O8. The molecular weight excluding hydrogens is 853 g/mol. The second kappa shape index (κ2) is 19.2. The summed E-state index contributed by atoms with van der Waals surface area (Å²) in [7, 11) is 2.63. The fourth-order valence-electron chi connectivity index (χ4n) is 11.1. The minimum Gasteiger partial charge on any atom is -0.488 e. The molecule has 356 valence electrons. The molecule has 5 aromatic rings. The fraction of sp³-hybridized carbons (Fsp3) is 0.529. The molecule has 8 atom stereocenters. The lowest BCUT2D eigenvalue weighted by atomic mass is 9.90. The Labute approximate surface area is 391 Å². The van der Waals surface area contributed by atoms with Crippen LogP contribution in [-0.4, -0.2) is 105 Å². The van der Waals surface area contributed by atoms with Gasteiger partial charge in [-0.15, -0.1) is 0 Å². The first-order chi connectivity index (χ1) is 32.4. The van der Waals surface area contributed by atoms with Gasteiger partial charge < -0.3 is 49.3 Å². The molecule has 3 fully saturated rings. The van der Waals surface area contributed by atoms with Crippen molar-refractivity contribution >= 4 is 45.8 Å². The minimum absolute atomic E-state index is 0.0148. The Morgan fingerprint density at radius 1 is 0.866 bits per heavy atom. The van der Waals surface area contributed by atoms with Crippen LogP contribution in [0.1, 0.15) is 115 Å². The molecule has 0 aliphatic carbocycles. The van der Waals surface area contributed by atoms with E-state index in [1.165, 1.54) is 14.2 Å². The monoisotopic (exact) mass is 916 g/mol. The predicted octanol–water partition coefficient (Wildman–Crippen LogP) is 8.72. The summed E-state index contributed by atoms with van der Waals surface area (Å²) in [6, 6.07) is 12.7. The molecule has 4 aliphatic heterocycles. The summed E-state index contributed by atoms with van der Waals surface area (Å²) in [5, 5.41) is 7.66. The van der Waals surface area contributed by atoms with E-state index < -0.39 is 24.3 Å². The van der Waals surface area contributed by atoms with Crippen LogP contribution in [0.15, 0.2) is 48.7 Å². The second-order valence-electron chi connectivity index (χ2n) is 19.1. The van der Waals surface area contributed by atoms with Gasteiger partial charge in [0.05, 0.1) is 49.2 Å². The minimum atomic E-state index is -0.724. The number of carbonyl (C=O) groups is 4. The molecule has 16 nitrogen and oxygen atoms in total. The Kier molecular flexibility index (Phi) is 13.2. The molecule has 4 aliphatic rings. The Morgan fingerprint density at radius 3 is 2.39 bits per heavy atom. The summed E-state index contributed by atoms with van der Waals surface area (Å²) in [5.74, 6) is 2.08. The van der Waals surface area contributed by atoms with Gasteiger partial charge in [0, 0.05) is 36.2 Å². The molecule has 9 rings (SSSR count). The van der Waals surface area contributed by atoms with Crippen molar-refractivity contribution < 1.29 is 38.1 Å². The molecule has 0 radical (unpaired) electrons. The Balaban J connectivity index is 0.974. The first-order valence-corrected chi connectivity index (χ1v) is 24.1. The number of aromatic amines is 2. The van der Waals surface area contributed by atoms with Gasteiger partial charge >= 0.3 is 12.2 Å². The highest BCUT2D eigenvalue weighted by Crippen LogP contribution is 2.45. The van der Waals surface area contributed by atoms with Gasteiger partial charge in [0.15, 0.2) is 0 Å². The summed E-state index contributed by atoms with van der Waals surface area (Å²) >= 11 is 0. The zero-order valence-corrected chi connectivity index (χ0v) is 39.6. The number of likely N-dealkylation sites (tertiary alicyclic amines) is 2. The third kappa shape index (κ3) is 8.68. The normalized spacial score (nSPS) is 23.0. The molecule has 6 heterocycles. The molecule has 4 N–H and O–H groups in total. The quantitative estimate of drug-likeness (QED) is 0.0941. The van der Waals surface area contributed by atoms with Crippen LogP contribution in [0.25, 0.3) is 44.2 Å². The summed E-state index contributed by atoms with van der Waals surface area (Å²) in [6.07, 6.45) is 6.78. The smallest absolute Gasteiger partial charge is 0.407 e. The van der Waals surface area contributed by atoms with E-state index in [1.54, 1.807) is 0 Å². The Hall–Kier alpha value is -6.16. The van der Waals surface area contributed by atoms with E-state index in [-0.39, 0.29) is 53.7 Å². The number of aromatic nitrogens is 4. The summed E-state index contributed by atoms with van der Waals surface area (Å²) in [6.45, 7) is 11.9. The van der Waals surface area contributed by atoms with Gasteiger partial charge in [-0.05, 0) is 110 Å². The molecule has 3 aromatic carbocycles. The molecule has 67 heavy (non-hydrogen) atoms. The number of fused-ring (bicyclic) bond motifs is 6. The summed E-state index contributed by atoms with van der Waals surface area (Å²) in [5.41, 5.74) is 6.61. The SMILES string of the molecule is CCC[C@H]1[C@@H](C)CC(c2ncc(-c3ccc4c(c3)COc3cc5c(ccc6[nH]c(C7CC[C@H](C)N7C(=O)[C@@H](NC(=O)OC)C7CCOCC7)nc65)cc3-4)[nH]2)N1C(=O)[C@@H](NC(=O)OC)C(C)CC. The summed E-state index contributed by atoms with van der Waals surface area (Å²) < 4.78 is 21.9. The lowest BCUT2D eigenvalue weighted by Crippen LogP contribution is -2.54. The van der Waals surface area contributed by atoms with Crippen molar-refractivity contribution in [3.8, 4) is 28.1 Å². The van der Waals surface area contributed by atoms with Crippen LogP contribution < -0.4 is 15.4 Å². The average molecular weight is 917 g/mol. The van der Waals surface area contributed by atoms with E-state index in [4.69, 9.17) is 28.9 Å². The molecule has 2 aromatic heterocycles. The number of hydrogen-bond acceptors (Lipinski definition) is 10. The zero-order valence-electron chi connectivity index (χ0n) is 39.6. The molecule has 4 amide bonds. The van der Waals surface area contributed by atoms with E-state index in [2.05, 4.69) is 77.8 Å². The van der Waals surface area contributed by atoms with Gasteiger partial charge in [-0.25, -0.2) is 19.6 Å². The van der Waals surface area contributed by atoms with Crippen molar-refractivity contribution in [1.82, 2.24) is 40.4 Å². The van der Waals surface area contributed by atoms with Gasteiger partial charge in [0.2, 0.25) is 11.8 Å². The number of methoxy groups -OCH3 is 2. The van der Waals surface area contributed by atoms with Crippen molar-refractivity contribution in [1.29, 1.82) is 0 Å². The second-order valence-corrected chi connectivity index (χ2v) is 19.1. The number of amides is 4. The molecule has 0 bridgehead atoms. The van der Waals surface area contributed by atoms with Gasteiger partial charge in [-0.1, -0.05) is 58.7 Å². The predicted molar refractivity (Wildman–Crippen MR) is 253 cm³/mol. The first-order valence-electron chi connectivity index (χ1n) is 24.1. The van der Waals surface area contributed by atoms with Crippen LogP contribution >= 0.6 is 0 Å². The van der Waals surface area contributed by atoms with Crippen LogP contribution in [0.3, 0.4) is 0 Å². The van der Waals surface area contributed by atoms with E-state index in [9.17, 15) is 19.2 Å². The third-order valence-corrected chi connectivity index (χ3v) is 15.0. The van der Waals surface area contributed by atoms with Crippen LogP contribution in [0.2, 0.25) is 0 Å². The fourth-order valence-corrected chi connectivity index (χ4v) is 11.1. The van der Waals surface area contributed by atoms with Crippen LogP contribution in [0.4, 0.5) is 9.59 Å². The van der Waals surface area contributed by atoms with Crippen molar-refractivity contribution in [3.05, 3.63) is 65.9 Å². The molecule has 3 saturated heterocycles. The third-order valence-electron chi connectivity index (χ3n) is 15.0. The number of carbonyl (C=O) groups excluding carboxylic acids is 4. The number of benzene rings is 3. The topological polar surface area (TPSA) is 193 Å². The van der Waals surface area contributed by atoms with E-state index in [1.807, 2.05) is 35.9 Å². The van der Waals surface area contributed by atoms with Crippen LogP contribution in [-0.2, 0) is 30.4 Å². The van der Waals surface area contributed by atoms with Crippen LogP contribution in [0.5, 0.6) is 5.75 Å². The number of alkyl carbamates (subject to hydrolysis) is 2. The largest absolute Gasteiger partial charge is 0.488 e.